The standard InChI is InChI=1S/C29H27N3O8S/c1-4-6-15-39-21-9-7-8-19(16-21)24(33)22-23(18-10-12-20(13-11-18)32(37)38)31(27(35)25(22)34)29-30-17(3)26(41-29)28(36)40-14-5-2/h5,7-13,16,23,33H,2,4,6,14-15H2,1,3H3. The smallest absolute Gasteiger partial charge is 0.350 e. The van der Waals surface area contributed by atoms with Gasteiger partial charge in [-0.05, 0) is 43.2 Å². The van der Waals surface area contributed by atoms with Crippen LogP contribution in [0.4, 0.5) is 10.8 Å². The Hall–Kier alpha value is -4.84. The van der Waals surface area contributed by atoms with Gasteiger partial charge in [0.25, 0.3) is 11.5 Å². The van der Waals surface area contributed by atoms with Gasteiger partial charge in [-0.15, -0.1) is 0 Å². The third-order valence-corrected chi connectivity index (χ3v) is 7.38. The zero-order valence-corrected chi connectivity index (χ0v) is 23.2. The summed E-state index contributed by atoms with van der Waals surface area (Å²) in [6.07, 6.45) is 3.17. The van der Waals surface area contributed by atoms with Crippen LogP contribution in [-0.2, 0) is 14.3 Å². The van der Waals surface area contributed by atoms with Crippen molar-refractivity contribution in [2.75, 3.05) is 18.1 Å². The van der Waals surface area contributed by atoms with Crippen LogP contribution in [0, 0.1) is 17.0 Å². The number of ketones is 1. The summed E-state index contributed by atoms with van der Waals surface area (Å²) in [7, 11) is 0. The number of amides is 1. The van der Waals surface area contributed by atoms with Crippen LogP contribution in [-0.4, -0.2) is 45.9 Å². The van der Waals surface area contributed by atoms with Gasteiger partial charge in [0, 0.05) is 17.7 Å². The molecule has 0 radical (unpaired) electrons. The van der Waals surface area contributed by atoms with Gasteiger partial charge >= 0.3 is 11.9 Å². The van der Waals surface area contributed by atoms with Gasteiger partial charge in [-0.25, -0.2) is 9.78 Å². The molecule has 1 fully saturated rings. The molecule has 2 heterocycles. The summed E-state index contributed by atoms with van der Waals surface area (Å²) in [6.45, 7) is 7.54. The number of non-ortho nitro benzene ring substituents is 1. The van der Waals surface area contributed by atoms with E-state index in [-0.39, 0.29) is 39.1 Å². The molecule has 11 nitrogen and oxygen atoms in total. The zero-order chi connectivity index (χ0) is 29.7. The zero-order valence-electron chi connectivity index (χ0n) is 22.4. The number of aromatic nitrogens is 1. The minimum absolute atomic E-state index is 0.0224. The molecule has 41 heavy (non-hydrogen) atoms. The van der Waals surface area contributed by atoms with Crippen molar-refractivity contribution >= 4 is 45.6 Å². The van der Waals surface area contributed by atoms with Crippen molar-refractivity contribution in [2.45, 2.75) is 32.7 Å². The second kappa shape index (κ2) is 12.6. The Morgan fingerprint density at radius 1 is 1.24 bits per heavy atom. The number of ether oxygens (including phenoxy) is 2. The highest BCUT2D eigenvalue weighted by Gasteiger charge is 2.48. The summed E-state index contributed by atoms with van der Waals surface area (Å²) in [5.74, 6) is -2.61. The van der Waals surface area contributed by atoms with E-state index in [1.807, 2.05) is 6.92 Å². The molecule has 12 heteroatoms. The maximum absolute atomic E-state index is 13.5. The van der Waals surface area contributed by atoms with Crippen molar-refractivity contribution in [3.63, 3.8) is 0 Å². The molecule has 0 saturated carbocycles. The van der Waals surface area contributed by atoms with Gasteiger partial charge in [0.2, 0.25) is 0 Å². The number of Topliss-reactive ketones (excluding diaryl/α,β-unsaturated/α-hetero) is 1. The molecule has 1 unspecified atom stereocenters. The largest absolute Gasteiger partial charge is 0.507 e. The van der Waals surface area contributed by atoms with Crippen LogP contribution in [0.1, 0.15) is 52.3 Å². The molecule has 0 bridgehead atoms. The maximum Gasteiger partial charge on any atom is 0.350 e. The summed E-state index contributed by atoms with van der Waals surface area (Å²) in [6, 6.07) is 10.6. The molecule has 0 aliphatic carbocycles. The van der Waals surface area contributed by atoms with E-state index in [4.69, 9.17) is 9.47 Å². The van der Waals surface area contributed by atoms with E-state index in [9.17, 15) is 29.6 Å². The molecule has 2 aromatic carbocycles. The number of hydrogen-bond donors (Lipinski definition) is 1. The second-order valence-electron chi connectivity index (χ2n) is 9.05. The molecule has 4 rings (SSSR count). The lowest BCUT2D eigenvalue weighted by Crippen LogP contribution is -2.29. The van der Waals surface area contributed by atoms with Crippen LogP contribution in [0.25, 0.3) is 5.76 Å². The third kappa shape index (κ3) is 6.02. The van der Waals surface area contributed by atoms with Gasteiger partial charge in [-0.1, -0.05) is 49.5 Å². The summed E-state index contributed by atoms with van der Waals surface area (Å²) < 4.78 is 10.8. The van der Waals surface area contributed by atoms with E-state index in [1.165, 1.54) is 30.3 Å². The van der Waals surface area contributed by atoms with Gasteiger partial charge < -0.3 is 14.6 Å². The maximum atomic E-state index is 13.5. The number of nitro benzene ring substituents is 1. The van der Waals surface area contributed by atoms with Gasteiger partial charge in [-0.3, -0.25) is 24.6 Å². The lowest BCUT2D eigenvalue weighted by atomic mass is 9.95. The van der Waals surface area contributed by atoms with Gasteiger partial charge in [0.1, 0.15) is 23.0 Å². The van der Waals surface area contributed by atoms with Crippen molar-refractivity contribution in [3.05, 3.63) is 98.6 Å². The topological polar surface area (TPSA) is 149 Å². The number of aliphatic hydroxyl groups excluding tert-OH is 1. The summed E-state index contributed by atoms with van der Waals surface area (Å²) >= 11 is 0.851. The Kier molecular flexibility index (Phi) is 8.93. The molecule has 1 N–H and O–H groups in total. The van der Waals surface area contributed by atoms with Crippen LogP contribution in [0.3, 0.4) is 0 Å². The average Bonchev–Trinajstić information content (AvgIpc) is 3.48. The number of benzene rings is 2. The number of esters is 1. The Balaban J connectivity index is 1.85. The van der Waals surface area contributed by atoms with Gasteiger partial charge in [0.15, 0.2) is 5.13 Å². The van der Waals surface area contributed by atoms with Crippen molar-refractivity contribution in [1.82, 2.24) is 4.98 Å². The predicted molar refractivity (Wildman–Crippen MR) is 152 cm³/mol. The number of aryl methyl sites for hydroxylation is 1. The number of hydrogen-bond acceptors (Lipinski definition) is 10. The molecular weight excluding hydrogens is 550 g/mol. The number of anilines is 1. The van der Waals surface area contributed by atoms with Crippen LogP contribution in [0.15, 0.2) is 66.8 Å². The van der Waals surface area contributed by atoms with Crippen LogP contribution in [0.2, 0.25) is 0 Å². The Morgan fingerprint density at radius 3 is 2.63 bits per heavy atom. The SMILES string of the molecule is C=CCOC(=O)c1sc(N2C(=O)C(=O)C(=C(O)c3cccc(OCCCC)c3)C2c2ccc([N+](=O)[O-])cc2)nc1C. The lowest BCUT2D eigenvalue weighted by molar-refractivity contribution is -0.384. The van der Waals surface area contributed by atoms with Crippen LogP contribution < -0.4 is 9.64 Å². The van der Waals surface area contributed by atoms with Crippen LogP contribution >= 0.6 is 11.3 Å². The van der Waals surface area contributed by atoms with Gasteiger partial charge in [0.05, 0.1) is 28.8 Å². The molecule has 1 amide bonds. The van der Waals surface area contributed by atoms with Crippen molar-refractivity contribution in [3.8, 4) is 5.75 Å². The molecule has 1 aliphatic rings. The fourth-order valence-electron chi connectivity index (χ4n) is 4.22. The van der Waals surface area contributed by atoms with E-state index in [0.717, 1.165) is 29.1 Å². The molecular formula is C29H27N3O8S. The molecule has 212 valence electrons. The molecule has 1 aromatic heterocycles. The minimum atomic E-state index is -1.19. The molecule has 1 saturated heterocycles. The number of unbranched alkanes of at least 4 members (excludes halogenated alkanes) is 1. The first kappa shape index (κ1) is 29.2. The highest BCUT2D eigenvalue weighted by molar-refractivity contribution is 7.17. The summed E-state index contributed by atoms with van der Waals surface area (Å²) in [5, 5.41) is 22.7. The van der Waals surface area contributed by atoms with Crippen molar-refractivity contribution in [1.29, 1.82) is 0 Å². The third-order valence-electron chi connectivity index (χ3n) is 6.25. The number of rotatable bonds is 11. The molecule has 1 atom stereocenters. The Morgan fingerprint density at radius 2 is 1.98 bits per heavy atom. The predicted octanol–water partition coefficient (Wildman–Crippen LogP) is 5.51. The summed E-state index contributed by atoms with van der Waals surface area (Å²) in [4.78, 5) is 55.7. The van der Waals surface area contributed by atoms with E-state index >= 15 is 0 Å². The average molecular weight is 578 g/mol. The second-order valence-corrected chi connectivity index (χ2v) is 10.0. The Labute approximate surface area is 239 Å². The van der Waals surface area contributed by atoms with E-state index in [2.05, 4.69) is 11.6 Å². The first-order valence-corrected chi connectivity index (χ1v) is 13.5. The summed E-state index contributed by atoms with van der Waals surface area (Å²) in [5.41, 5.74) is 0.404. The van der Waals surface area contributed by atoms with E-state index < -0.39 is 34.4 Å². The first-order chi connectivity index (χ1) is 19.7. The fraction of sp³-hybridized carbons (Fsp3) is 0.241. The monoisotopic (exact) mass is 577 g/mol. The van der Waals surface area contributed by atoms with Crippen molar-refractivity contribution in [2.24, 2.45) is 0 Å². The van der Waals surface area contributed by atoms with E-state index in [1.54, 1.807) is 31.2 Å². The normalized spacial score (nSPS) is 16.0. The Bertz CT molecular complexity index is 1540. The molecule has 0 spiro atoms. The quantitative estimate of drug-likeness (QED) is 0.0455. The fourth-order valence-corrected chi connectivity index (χ4v) is 5.21. The van der Waals surface area contributed by atoms with E-state index in [0.29, 0.717) is 17.9 Å². The minimum Gasteiger partial charge on any atom is -0.507 e. The highest BCUT2D eigenvalue weighted by Crippen LogP contribution is 2.44. The highest BCUT2D eigenvalue weighted by atomic mass is 32.1. The van der Waals surface area contributed by atoms with Crippen molar-refractivity contribution < 1.29 is 33.9 Å². The number of carbonyl (C=O) groups is 3. The lowest BCUT2D eigenvalue weighted by Gasteiger charge is -2.23. The first-order valence-electron chi connectivity index (χ1n) is 12.7. The molecule has 1 aliphatic heterocycles. The van der Waals surface area contributed by atoms with Gasteiger partial charge in [-0.2, -0.15) is 0 Å². The van der Waals surface area contributed by atoms with Crippen LogP contribution in [0.5, 0.6) is 5.75 Å². The number of nitrogens with zero attached hydrogens (tertiary/aromatic N) is 3. The molecule has 3 aromatic rings. The number of thiazole rings is 1. The number of aliphatic hydroxyl groups is 1. The number of carbonyl (C=O) groups excluding carboxylic acids is 3. The number of nitro groups is 1.